The van der Waals surface area contributed by atoms with Crippen LogP contribution in [0.2, 0.25) is 0 Å². The van der Waals surface area contributed by atoms with E-state index in [4.69, 9.17) is 9.47 Å². The summed E-state index contributed by atoms with van der Waals surface area (Å²) in [6.07, 6.45) is 2.90. The molecule has 1 aliphatic rings. The van der Waals surface area contributed by atoms with Crippen molar-refractivity contribution in [3.63, 3.8) is 0 Å². The van der Waals surface area contributed by atoms with Crippen molar-refractivity contribution in [2.75, 3.05) is 20.3 Å². The second-order valence-corrected chi connectivity index (χ2v) is 10.3. The first kappa shape index (κ1) is 25.8. The number of halogens is 1. The van der Waals surface area contributed by atoms with Gasteiger partial charge in [0.05, 0.1) is 25.7 Å². The van der Waals surface area contributed by atoms with E-state index in [0.717, 1.165) is 34.6 Å². The predicted molar refractivity (Wildman–Crippen MR) is 137 cm³/mol. The Morgan fingerprint density at radius 3 is 2.56 bits per heavy atom. The molecule has 36 heavy (non-hydrogen) atoms. The predicted octanol–water partition coefficient (Wildman–Crippen LogP) is 5.47. The van der Waals surface area contributed by atoms with Gasteiger partial charge in [-0.05, 0) is 74.9 Å². The molecule has 8 heteroatoms. The van der Waals surface area contributed by atoms with Gasteiger partial charge in [-0.25, -0.2) is 14.2 Å². The molecule has 0 unspecified atom stereocenters. The minimum absolute atomic E-state index is 0.0532. The Balaban J connectivity index is 1.55. The van der Waals surface area contributed by atoms with Gasteiger partial charge in [-0.2, -0.15) is 0 Å². The van der Waals surface area contributed by atoms with Gasteiger partial charge in [-0.1, -0.05) is 24.3 Å². The minimum Gasteiger partial charge on any atom is -0.497 e. The van der Waals surface area contributed by atoms with E-state index < -0.39 is 11.4 Å². The fourth-order valence-corrected chi connectivity index (χ4v) is 5.39. The molecule has 1 amide bonds. The standard InChI is InChI=1S/C28H31FN2O4S/c1-4-35-26(32)25-19(2)36-24(30-25)18-31(16-6-8-20-7-5-9-22(29)17-20)27(33)28(14-15-28)21-10-12-23(34-3)13-11-21/h5,7,9-13,17H,4,6,8,14-16,18H2,1-3H3. The Labute approximate surface area is 215 Å². The molecule has 1 aliphatic carbocycles. The van der Waals surface area contributed by atoms with Crippen molar-refractivity contribution >= 4 is 23.2 Å². The van der Waals surface area contributed by atoms with Crippen LogP contribution in [-0.4, -0.2) is 42.0 Å². The highest BCUT2D eigenvalue weighted by Crippen LogP contribution is 2.50. The molecular formula is C28H31FN2O4S. The maximum Gasteiger partial charge on any atom is 0.358 e. The lowest BCUT2D eigenvalue weighted by atomic mass is 9.94. The number of thiazole rings is 1. The second-order valence-electron chi connectivity index (χ2n) is 9.00. The SMILES string of the molecule is CCOC(=O)c1nc(CN(CCCc2cccc(F)c2)C(=O)C2(c3ccc(OC)cc3)CC2)sc1C. The van der Waals surface area contributed by atoms with Crippen LogP contribution < -0.4 is 4.74 Å². The van der Waals surface area contributed by atoms with E-state index in [1.54, 1.807) is 20.1 Å². The normalized spacial score (nSPS) is 13.8. The summed E-state index contributed by atoms with van der Waals surface area (Å²) in [4.78, 5) is 33.3. The first-order valence-corrected chi connectivity index (χ1v) is 13.0. The van der Waals surface area contributed by atoms with Crippen LogP contribution >= 0.6 is 11.3 Å². The van der Waals surface area contributed by atoms with E-state index in [2.05, 4.69) is 4.98 Å². The van der Waals surface area contributed by atoms with Gasteiger partial charge in [0, 0.05) is 11.4 Å². The third kappa shape index (κ3) is 5.75. The van der Waals surface area contributed by atoms with E-state index in [0.29, 0.717) is 36.6 Å². The van der Waals surface area contributed by atoms with Gasteiger partial charge < -0.3 is 14.4 Å². The van der Waals surface area contributed by atoms with Crippen LogP contribution in [0.1, 0.15) is 57.7 Å². The molecule has 0 aliphatic heterocycles. The number of amides is 1. The highest BCUT2D eigenvalue weighted by Gasteiger charge is 2.53. The largest absolute Gasteiger partial charge is 0.497 e. The molecule has 0 spiro atoms. The van der Waals surface area contributed by atoms with Crippen molar-refractivity contribution in [2.24, 2.45) is 0 Å². The molecule has 0 radical (unpaired) electrons. The summed E-state index contributed by atoms with van der Waals surface area (Å²) in [5.41, 5.74) is 1.63. The summed E-state index contributed by atoms with van der Waals surface area (Å²) < 4.78 is 24.0. The minimum atomic E-state index is -0.554. The van der Waals surface area contributed by atoms with Gasteiger partial charge in [0.2, 0.25) is 5.91 Å². The third-order valence-electron chi connectivity index (χ3n) is 6.51. The number of hydrogen-bond acceptors (Lipinski definition) is 6. The van der Waals surface area contributed by atoms with Crippen LogP contribution in [0.3, 0.4) is 0 Å². The van der Waals surface area contributed by atoms with Crippen molar-refractivity contribution in [1.29, 1.82) is 0 Å². The smallest absolute Gasteiger partial charge is 0.358 e. The lowest BCUT2D eigenvalue weighted by Gasteiger charge is -2.27. The lowest BCUT2D eigenvalue weighted by molar-refractivity contribution is -0.134. The maximum absolute atomic E-state index is 13.9. The molecule has 1 fully saturated rings. The number of esters is 1. The topological polar surface area (TPSA) is 68.7 Å². The first-order valence-electron chi connectivity index (χ1n) is 12.2. The molecule has 0 saturated heterocycles. The number of carbonyl (C=O) groups excluding carboxylic acids is 2. The molecule has 0 atom stereocenters. The molecule has 1 saturated carbocycles. The zero-order valence-electron chi connectivity index (χ0n) is 20.9. The van der Waals surface area contributed by atoms with Crippen LogP contribution in [0.5, 0.6) is 5.75 Å². The number of aryl methyl sites for hydroxylation is 2. The van der Waals surface area contributed by atoms with Crippen LogP contribution in [0.15, 0.2) is 48.5 Å². The average molecular weight is 511 g/mol. The summed E-state index contributed by atoms with van der Waals surface area (Å²) in [5.74, 6) is 0.0937. The van der Waals surface area contributed by atoms with Crippen LogP contribution in [-0.2, 0) is 27.9 Å². The molecule has 190 valence electrons. The summed E-state index contributed by atoms with van der Waals surface area (Å²) in [7, 11) is 1.62. The van der Waals surface area contributed by atoms with Gasteiger partial charge >= 0.3 is 5.97 Å². The molecule has 1 heterocycles. The molecule has 3 aromatic rings. The Morgan fingerprint density at radius 1 is 1.17 bits per heavy atom. The number of hydrogen-bond donors (Lipinski definition) is 0. The van der Waals surface area contributed by atoms with Crippen molar-refractivity contribution in [3.8, 4) is 5.75 Å². The van der Waals surface area contributed by atoms with Gasteiger partial charge in [-0.15, -0.1) is 11.3 Å². The van der Waals surface area contributed by atoms with Crippen LogP contribution in [0, 0.1) is 12.7 Å². The van der Waals surface area contributed by atoms with E-state index in [1.807, 2.05) is 42.2 Å². The van der Waals surface area contributed by atoms with Gasteiger partial charge in [0.25, 0.3) is 0 Å². The molecule has 0 bridgehead atoms. The summed E-state index contributed by atoms with van der Waals surface area (Å²) in [5, 5.41) is 0.695. The zero-order chi connectivity index (χ0) is 25.7. The monoisotopic (exact) mass is 510 g/mol. The number of methoxy groups -OCH3 is 1. The zero-order valence-corrected chi connectivity index (χ0v) is 21.7. The lowest BCUT2D eigenvalue weighted by Crippen LogP contribution is -2.39. The molecule has 1 aromatic heterocycles. The van der Waals surface area contributed by atoms with E-state index in [9.17, 15) is 14.0 Å². The van der Waals surface area contributed by atoms with Crippen molar-refractivity contribution in [3.05, 3.63) is 81.1 Å². The highest BCUT2D eigenvalue weighted by molar-refractivity contribution is 7.11. The number of nitrogens with zero attached hydrogens (tertiary/aromatic N) is 2. The Kier molecular flexibility index (Phi) is 8.04. The van der Waals surface area contributed by atoms with E-state index in [1.165, 1.54) is 23.5 Å². The summed E-state index contributed by atoms with van der Waals surface area (Å²) in [6.45, 7) is 4.68. The highest BCUT2D eigenvalue weighted by atomic mass is 32.1. The number of aromatic nitrogens is 1. The molecule has 0 N–H and O–H groups in total. The van der Waals surface area contributed by atoms with Gasteiger partial charge in [0.1, 0.15) is 16.6 Å². The Bertz CT molecular complexity index is 1220. The number of rotatable bonds is 11. The van der Waals surface area contributed by atoms with E-state index in [-0.39, 0.29) is 18.3 Å². The maximum atomic E-state index is 13.9. The second kappa shape index (κ2) is 11.2. The third-order valence-corrected chi connectivity index (χ3v) is 7.46. The molecule has 2 aromatic carbocycles. The quantitative estimate of drug-likeness (QED) is 0.320. The summed E-state index contributed by atoms with van der Waals surface area (Å²) in [6, 6.07) is 14.2. The molecule has 6 nitrogen and oxygen atoms in total. The average Bonchev–Trinajstić information content (AvgIpc) is 3.60. The van der Waals surface area contributed by atoms with Gasteiger partial charge in [0.15, 0.2) is 5.69 Å². The number of ether oxygens (including phenoxy) is 2. The first-order chi connectivity index (χ1) is 17.4. The van der Waals surface area contributed by atoms with E-state index >= 15 is 0 Å². The fourth-order valence-electron chi connectivity index (χ4n) is 4.45. The van der Waals surface area contributed by atoms with Crippen molar-refractivity contribution < 1.29 is 23.5 Å². The Morgan fingerprint density at radius 2 is 1.92 bits per heavy atom. The van der Waals surface area contributed by atoms with Crippen molar-refractivity contribution in [2.45, 2.75) is 51.5 Å². The molecule has 4 rings (SSSR count). The van der Waals surface area contributed by atoms with Gasteiger partial charge in [-0.3, -0.25) is 4.79 Å². The van der Waals surface area contributed by atoms with Crippen LogP contribution in [0.25, 0.3) is 0 Å². The van der Waals surface area contributed by atoms with Crippen LogP contribution in [0.4, 0.5) is 4.39 Å². The molecular weight excluding hydrogens is 479 g/mol. The fraction of sp³-hybridized carbons (Fsp3) is 0.393. The van der Waals surface area contributed by atoms with Crippen molar-refractivity contribution in [1.82, 2.24) is 9.88 Å². The number of benzene rings is 2. The number of carbonyl (C=O) groups is 2. The summed E-state index contributed by atoms with van der Waals surface area (Å²) >= 11 is 1.41. The Hall–Kier alpha value is -3.26.